The highest BCUT2D eigenvalue weighted by Crippen LogP contribution is 2.31. The lowest BCUT2D eigenvalue weighted by atomic mass is 10.1. The minimum atomic E-state index is -0.944. The molecule has 9 heteroatoms. The molecule has 0 saturated carbocycles. The van der Waals surface area contributed by atoms with Crippen molar-refractivity contribution in [2.45, 2.75) is 13.5 Å². The summed E-state index contributed by atoms with van der Waals surface area (Å²) in [5.41, 5.74) is 0.00541. The molecule has 0 saturated heterocycles. The molecule has 28 heavy (non-hydrogen) atoms. The molecule has 0 fully saturated rings. The Balaban J connectivity index is 1.97. The summed E-state index contributed by atoms with van der Waals surface area (Å²) < 4.78 is 28.4. The summed E-state index contributed by atoms with van der Waals surface area (Å²) in [6, 6.07) is 5.64. The van der Waals surface area contributed by atoms with Gasteiger partial charge in [-0.25, -0.2) is 13.8 Å². The molecule has 0 aliphatic carbocycles. The van der Waals surface area contributed by atoms with E-state index < -0.39 is 28.9 Å². The van der Waals surface area contributed by atoms with Gasteiger partial charge in [-0.1, -0.05) is 17.7 Å². The van der Waals surface area contributed by atoms with E-state index in [1.54, 1.807) is 6.92 Å². The van der Waals surface area contributed by atoms with Crippen LogP contribution in [-0.4, -0.2) is 26.1 Å². The SMILES string of the molecule is Cc1ncc(-c2cc(O)c(C(=O)Nc3c(F)cccc3Cl)cc2F)nc1CO. The highest BCUT2D eigenvalue weighted by Gasteiger charge is 2.20. The van der Waals surface area contributed by atoms with Gasteiger partial charge in [0.05, 0.1) is 46.2 Å². The van der Waals surface area contributed by atoms with Gasteiger partial charge in [-0.2, -0.15) is 0 Å². The van der Waals surface area contributed by atoms with Gasteiger partial charge in [0, 0.05) is 5.56 Å². The van der Waals surface area contributed by atoms with Gasteiger partial charge >= 0.3 is 0 Å². The van der Waals surface area contributed by atoms with Crippen LogP contribution in [0.2, 0.25) is 5.02 Å². The molecular weight excluding hydrogens is 392 g/mol. The maximum absolute atomic E-state index is 14.6. The fourth-order valence-electron chi connectivity index (χ4n) is 2.51. The van der Waals surface area contributed by atoms with E-state index >= 15 is 0 Å². The first kappa shape index (κ1) is 19.7. The first-order valence-electron chi connectivity index (χ1n) is 8.03. The van der Waals surface area contributed by atoms with E-state index in [0.29, 0.717) is 5.69 Å². The van der Waals surface area contributed by atoms with E-state index in [4.69, 9.17) is 11.6 Å². The average molecular weight is 406 g/mol. The summed E-state index contributed by atoms with van der Waals surface area (Å²) in [7, 11) is 0. The molecule has 6 nitrogen and oxygen atoms in total. The summed E-state index contributed by atoms with van der Waals surface area (Å²) in [5.74, 6) is -3.12. The number of benzene rings is 2. The third-order valence-corrected chi connectivity index (χ3v) is 4.33. The minimum Gasteiger partial charge on any atom is -0.507 e. The van der Waals surface area contributed by atoms with E-state index in [2.05, 4.69) is 15.3 Å². The lowest BCUT2D eigenvalue weighted by Gasteiger charge is -2.12. The van der Waals surface area contributed by atoms with Crippen molar-refractivity contribution in [2.24, 2.45) is 0 Å². The maximum Gasteiger partial charge on any atom is 0.259 e. The second kappa shape index (κ2) is 7.87. The second-order valence-electron chi connectivity index (χ2n) is 5.85. The Kier molecular flexibility index (Phi) is 5.53. The molecule has 3 rings (SSSR count). The zero-order valence-corrected chi connectivity index (χ0v) is 15.3. The van der Waals surface area contributed by atoms with Crippen LogP contribution in [0.1, 0.15) is 21.7 Å². The Bertz CT molecular complexity index is 1060. The number of rotatable bonds is 4. The van der Waals surface area contributed by atoms with Crippen molar-refractivity contribution in [3.8, 4) is 17.0 Å². The number of aliphatic hydroxyl groups is 1. The maximum atomic E-state index is 14.6. The van der Waals surface area contributed by atoms with E-state index in [9.17, 15) is 23.8 Å². The molecule has 2 aromatic carbocycles. The number of aliphatic hydroxyl groups excluding tert-OH is 1. The van der Waals surface area contributed by atoms with Crippen molar-refractivity contribution in [3.05, 3.63) is 70.1 Å². The predicted molar refractivity (Wildman–Crippen MR) is 99.1 cm³/mol. The number of carbonyl (C=O) groups is 1. The Hall–Kier alpha value is -3.10. The average Bonchev–Trinajstić information content (AvgIpc) is 2.66. The number of para-hydroxylation sites is 1. The van der Waals surface area contributed by atoms with E-state index in [1.165, 1.54) is 18.3 Å². The molecule has 0 aliphatic heterocycles. The molecule has 1 amide bonds. The molecule has 3 aromatic rings. The van der Waals surface area contributed by atoms with Gasteiger partial charge in [0.25, 0.3) is 5.91 Å². The number of anilines is 1. The molecule has 3 N–H and O–H groups in total. The molecule has 0 radical (unpaired) electrons. The van der Waals surface area contributed by atoms with E-state index in [-0.39, 0.29) is 34.3 Å². The Morgan fingerprint density at radius 2 is 2.00 bits per heavy atom. The van der Waals surface area contributed by atoms with Crippen LogP contribution in [0.4, 0.5) is 14.5 Å². The van der Waals surface area contributed by atoms with Crippen LogP contribution in [0.3, 0.4) is 0 Å². The molecule has 144 valence electrons. The van der Waals surface area contributed by atoms with Gasteiger partial charge in [0.1, 0.15) is 17.4 Å². The lowest BCUT2D eigenvalue weighted by Crippen LogP contribution is -2.14. The van der Waals surface area contributed by atoms with Crippen molar-refractivity contribution >= 4 is 23.2 Å². The number of hydrogen-bond donors (Lipinski definition) is 3. The summed E-state index contributed by atoms with van der Waals surface area (Å²) in [6.07, 6.45) is 1.28. The number of phenols is 1. The topological polar surface area (TPSA) is 95.3 Å². The fourth-order valence-corrected chi connectivity index (χ4v) is 2.72. The fraction of sp³-hybridized carbons (Fsp3) is 0.105. The second-order valence-corrected chi connectivity index (χ2v) is 6.25. The Labute approximate surface area is 163 Å². The van der Waals surface area contributed by atoms with Gasteiger partial charge in [0.2, 0.25) is 0 Å². The van der Waals surface area contributed by atoms with Crippen LogP contribution in [-0.2, 0) is 6.61 Å². The van der Waals surface area contributed by atoms with Gasteiger partial charge in [-0.05, 0) is 31.2 Å². The van der Waals surface area contributed by atoms with E-state index in [1.807, 2.05) is 0 Å². The van der Waals surface area contributed by atoms with Crippen LogP contribution < -0.4 is 5.32 Å². The monoisotopic (exact) mass is 405 g/mol. The quantitative estimate of drug-likeness (QED) is 0.613. The minimum absolute atomic E-state index is 0.0450. The summed E-state index contributed by atoms with van der Waals surface area (Å²) >= 11 is 5.85. The number of amides is 1. The van der Waals surface area contributed by atoms with Crippen LogP contribution in [0.5, 0.6) is 5.75 Å². The van der Waals surface area contributed by atoms with E-state index in [0.717, 1.165) is 18.2 Å². The van der Waals surface area contributed by atoms with Crippen molar-refractivity contribution < 1.29 is 23.8 Å². The Morgan fingerprint density at radius 1 is 1.25 bits per heavy atom. The first-order chi connectivity index (χ1) is 13.3. The van der Waals surface area contributed by atoms with Crippen molar-refractivity contribution in [1.29, 1.82) is 0 Å². The van der Waals surface area contributed by atoms with Crippen molar-refractivity contribution in [2.75, 3.05) is 5.32 Å². The number of halogens is 3. The standard InChI is InChI=1S/C19H14ClF2N3O3/c1-9-16(8-26)24-15(7-23-9)10-6-17(27)11(5-14(10)22)19(28)25-18-12(20)3-2-4-13(18)21/h2-7,26-27H,8H2,1H3,(H,25,28). The van der Waals surface area contributed by atoms with Gasteiger partial charge < -0.3 is 15.5 Å². The Morgan fingerprint density at radius 3 is 2.68 bits per heavy atom. The predicted octanol–water partition coefficient (Wildman–Crippen LogP) is 3.83. The zero-order chi connectivity index (χ0) is 20.4. The van der Waals surface area contributed by atoms with Crippen molar-refractivity contribution in [1.82, 2.24) is 9.97 Å². The number of aryl methyl sites for hydroxylation is 1. The number of aromatic hydroxyl groups is 1. The zero-order valence-electron chi connectivity index (χ0n) is 14.5. The lowest BCUT2D eigenvalue weighted by molar-refractivity contribution is 0.102. The van der Waals surface area contributed by atoms with Crippen LogP contribution >= 0.6 is 11.6 Å². The highest BCUT2D eigenvalue weighted by atomic mass is 35.5. The smallest absolute Gasteiger partial charge is 0.259 e. The third kappa shape index (κ3) is 3.78. The first-order valence-corrected chi connectivity index (χ1v) is 8.41. The number of nitrogens with zero attached hydrogens (tertiary/aromatic N) is 2. The summed E-state index contributed by atoms with van der Waals surface area (Å²) in [6.45, 7) is 1.25. The molecule has 1 heterocycles. The molecule has 0 aliphatic rings. The number of carbonyl (C=O) groups excluding carboxylic acids is 1. The highest BCUT2D eigenvalue weighted by molar-refractivity contribution is 6.34. The largest absolute Gasteiger partial charge is 0.507 e. The molecule has 0 spiro atoms. The van der Waals surface area contributed by atoms with Gasteiger partial charge in [0.15, 0.2) is 0 Å². The summed E-state index contributed by atoms with van der Waals surface area (Å²) in [5, 5.41) is 21.6. The molecule has 0 unspecified atom stereocenters. The number of hydrogen-bond acceptors (Lipinski definition) is 5. The molecule has 0 bridgehead atoms. The number of aromatic nitrogens is 2. The van der Waals surface area contributed by atoms with Gasteiger partial charge in [-0.15, -0.1) is 0 Å². The normalized spacial score (nSPS) is 10.8. The summed E-state index contributed by atoms with van der Waals surface area (Å²) in [4.78, 5) is 20.5. The van der Waals surface area contributed by atoms with Gasteiger partial charge in [-0.3, -0.25) is 9.78 Å². The third-order valence-electron chi connectivity index (χ3n) is 4.01. The van der Waals surface area contributed by atoms with Crippen molar-refractivity contribution in [3.63, 3.8) is 0 Å². The van der Waals surface area contributed by atoms with Crippen LogP contribution in [0.25, 0.3) is 11.3 Å². The molecule has 0 atom stereocenters. The molecular formula is C19H14ClF2N3O3. The molecule has 1 aromatic heterocycles. The van der Waals surface area contributed by atoms with Crippen LogP contribution in [0, 0.1) is 18.6 Å². The van der Waals surface area contributed by atoms with Crippen LogP contribution in [0.15, 0.2) is 36.5 Å². The number of phenolic OH excluding ortho intramolecular Hbond substituents is 1. The number of nitrogens with one attached hydrogen (secondary N) is 1.